The first-order chi connectivity index (χ1) is 16.5. The molecule has 5 rings (SSSR count). The van der Waals surface area contributed by atoms with E-state index in [1.54, 1.807) is 6.07 Å². The number of nitrogens with one attached hydrogen (secondary N) is 1. The van der Waals surface area contributed by atoms with Gasteiger partial charge in [-0.25, -0.2) is 14.0 Å². The van der Waals surface area contributed by atoms with Gasteiger partial charge in [-0.15, -0.1) is 0 Å². The third kappa shape index (κ3) is 4.08. The van der Waals surface area contributed by atoms with Gasteiger partial charge < -0.3 is 15.2 Å². The largest absolute Gasteiger partial charge is 0.480 e. The van der Waals surface area contributed by atoms with Crippen molar-refractivity contribution in [1.29, 1.82) is 0 Å². The average Bonchev–Trinajstić information content (AvgIpc) is 3.16. The Morgan fingerprint density at radius 3 is 2.35 bits per heavy atom. The van der Waals surface area contributed by atoms with Crippen molar-refractivity contribution in [1.82, 2.24) is 10.3 Å². The Hall–Kier alpha value is -4.26. The zero-order chi connectivity index (χ0) is 23.7. The van der Waals surface area contributed by atoms with Gasteiger partial charge in [-0.2, -0.15) is 0 Å². The Morgan fingerprint density at radius 2 is 1.68 bits per heavy atom. The summed E-state index contributed by atoms with van der Waals surface area (Å²) in [6.07, 6.45) is 0.669. The number of carboxylic acid groups (broad SMARTS) is 1. The van der Waals surface area contributed by atoms with Crippen LogP contribution < -0.4 is 5.32 Å². The molecule has 1 aromatic heterocycles. The topological polar surface area (TPSA) is 88.5 Å². The minimum atomic E-state index is -1.25. The van der Waals surface area contributed by atoms with Crippen LogP contribution in [0, 0.1) is 5.82 Å². The minimum absolute atomic E-state index is 0.0397. The highest BCUT2D eigenvalue weighted by Gasteiger charge is 2.30. The SMILES string of the molecule is O=C(NC(Cc1ccnc2ccc(F)cc12)C(=O)O)OCC1c2ccccc2-c2ccccc21. The van der Waals surface area contributed by atoms with Gasteiger partial charge in [0.1, 0.15) is 18.5 Å². The highest BCUT2D eigenvalue weighted by atomic mass is 19.1. The van der Waals surface area contributed by atoms with Crippen molar-refractivity contribution in [2.75, 3.05) is 6.61 Å². The van der Waals surface area contributed by atoms with Crippen LogP contribution in [-0.2, 0) is 16.0 Å². The van der Waals surface area contributed by atoms with E-state index in [0.717, 1.165) is 22.3 Å². The smallest absolute Gasteiger partial charge is 0.407 e. The summed E-state index contributed by atoms with van der Waals surface area (Å²) in [5.41, 5.74) is 5.45. The number of rotatable bonds is 6. The van der Waals surface area contributed by atoms with E-state index in [1.165, 1.54) is 24.4 Å². The molecule has 0 saturated carbocycles. The lowest BCUT2D eigenvalue weighted by atomic mass is 9.98. The van der Waals surface area contributed by atoms with Crippen molar-refractivity contribution in [3.8, 4) is 11.1 Å². The van der Waals surface area contributed by atoms with Gasteiger partial charge in [0.15, 0.2) is 0 Å². The Balaban J connectivity index is 1.30. The number of aromatic nitrogens is 1. The molecule has 2 N–H and O–H groups in total. The molecule has 4 aromatic rings. The number of benzene rings is 3. The van der Waals surface area contributed by atoms with E-state index >= 15 is 0 Å². The summed E-state index contributed by atoms with van der Waals surface area (Å²) >= 11 is 0. The van der Waals surface area contributed by atoms with Gasteiger partial charge >= 0.3 is 12.1 Å². The quantitative estimate of drug-likeness (QED) is 0.431. The van der Waals surface area contributed by atoms with Crippen molar-refractivity contribution >= 4 is 23.0 Å². The predicted molar refractivity (Wildman–Crippen MR) is 125 cm³/mol. The second kappa shape index (κ2) is 8.94. The van der Waals surface area contributed by atoms with Gasteiger partial charge in [0.05, 0.1) is 5.52 Å². The maximum absolute atomic E-state index is 13.7. The highest BCUT2D eigenvalue weighted by Crippen LogP contribution is 2.44. The number of fused-ring (bicyclic) bond motifs is 4. The minimum Gasteiger partial charge on any atom is -0.480 e. The van der Waals surface area contributed by atoms with Gasteiger partial charge in [0, 0.05) is 23.9 Å². The van der Waals surface area contributed by atoms with E-state index in [1.807, 2.05) is 48.5 Å². The number of carboxylic acids is 1. The van der Waals surface area contributed by atoms with Crippen molar-refractivity contribution < 1.29 is 23.8 Å². The fraction of sp³-hybridized carbons (Fsp3) is 0.148. The molecule has 1 aliphatic carbocycles. The standard InChI is InChI=1S/C27H21FN2O4/c28-17-9-10-24-22(14-17)16(11-12-29-24)13-25(26(31)32)30-27(33)34-15-23-20-7-3-1-5-18(20)19-6-2-4-8-21(19)23/h1-12,14,23,25H,13,15H2,(H,30,33)(H,31,32). The third-order valence-corrected chi connectivity index (χ3v) is 6.15. The molecule has 1 aliphatic rings. The number of hydrogen-bond donors (Lipinski definition) is 2. The lowest BCUT2D eigenvalue weighted by Crippen LogP contribution is -2.43. The number of nitrogens with zero attached hydrogens (tertiary/aromatic N) is 1. The fourth-order valence-corrected chi connectivity index (χ4v) is 4.56. The number of pyridine rings is 1. The summed E-state index contributed by atoms with van der Waals surface area (Å²) in [7, 11) is 0. The molecule has 0 fully saturated rings. The normalized spacial score (nSPS) is 13.2. The number of carbonyl (C=O) groups excluding carboxylic acids is 1. The summed E-state index contributed by atoms with van der Waals surface area (Å²) in [4.78, 5) is 28.6. The number of alkyl carbamates (subject to hydrolysis) is 1. The van der Waals surface area contributed by atoms with Crippen LogP contribution in [0.5, 0.6) is 0 Å². The van der Waals surface area contributed by atoms with E-state index in [4.69, 9.17) is 4.74 Å². The predicted octanol–water partition coefficient (Wildman–Crippen LogP) is 4.91. The molecule has 34 heavy (non-hydrogen) atoms. The summed E-state index contributed by atoms with van der Waals surface area (Å²) in [6.45, 7) is 0.0790. The number of amides is 1. The lowest BCUT2D eigenvalue weighted by Gasteiger charge is -2.18. The summed E-state index contributed by atoms with van der Waals surface area (Å²) < 4.78 is 19.2. The van der Waals surface area contributed by atoms with Crippen LogP contribution in [0.25, 0.3) is 22.0 Å². The fourth-order valence-electron chi connectivity index (χ4n) is 4.56. The first-order valence-electron chi connectivity index (χ1n) is 10.9. The molecule has 0 bridgehead atoms. The van der Waals surface area contributed by atoms with Crippen molar-refractivity contribution in [3.05, 3.63) is 102 Å². The molecule has 1 amide bonds. The number of aliphatic carboxylic acids is 1. The molecule has 170 valence electrons. The van der Waals surface area contributed by atoms with E-state index in [2.05, 4.69) is 10.3 Å². The van der Waals surface area contributed by atoms with Gasteiger partial charge in [-0.05, 0) is 52.1 Å². The van der Waals surface area contributed by atoms with Crippen LogP contribution in [0.15, 0.2) is 79.0 Å². The van der Waals surface area contributed by atoms with E-state index in [0.29, 0.717) is 16.5 Å². The number of ether oxygens (including phenoxy) is 1. The first-order valence-corrected chi connectivity index (χ1v) is 10.9. The van der Waals surface area contributed by atoms with Crippen LogP contribution in [-0.4, -0.2) is 34.8 Å². The third-order valence-electron chi connectivity index (χ3n) is 6.15. The Kier molecular flexibility index (Phi) is 5.67. The zero-order valence-electron chi connectivity index (χ0n) is 18.1. The monoisotopic (exact) mass is 456 g/mol. The first kappa shape index (κ1) is 21.6. The highest BCUT2D eigenvalue weighted by molar-refractivity contribution is 5.85. The number of hydrogen-bond acceptors (Lipinski definition) is 4. The lowest BCUT2D eigenvalue weighted by molar-refractivity contribution is -0.139. The Labute approximate surface area is 195 Å². The van der Waals surface area contributed by atoms with Crippen molar-refractivity contribution in [2.45, 2.75) is 18.4 Å². The Bertz CT molecular complexity index is 1360. The van der Waals surface area contributed by atoms with E-state index in [-0.39, 0.29) is 18.9 Å². The molecule has 1 atom stereocenters. The van der Waals surface area contributed by atoms with Gasteiger partial charge in [-0.3, -0.25) is 4.98 Å². The van der Waals surface area contributed by atoms with Crippen LogP contribution in [0.4, 0.5) is 9.18 Å². The molecule has 6 nitrogen and oxygen atoms in total. The van der Waals surface area contributed by atoms with Crippen molar-refractivity contribution in [2.24, 2.45) is 0 Å². The van der Waals surface area contributed by atoms with Gasteiger partial charge in [0.2, 0.25) is 0 Å². The molecular formula is C27H21FN2O4. The molecular weight excluding hydrogens is 435 g/mol. The summed E-state index contributed by atoms with van der Waals surface area (Å²) in [5.74, 6) is -1.79. The van der Waals surface area contributed by atoms with Crippen LogP contribution in [0.3, 0.4) is 0 Å². The molecule has 1 heterocycles. The molecule has 0 radical (unpaired) electrons. The zero-order valence-corrected chi connectivity index (χ0v) is 18.1. The molecule has 0 aliphatic heterocycles. The number of halogens is 1. The summed E-state index contributed by atoms with van der Waals surface area (Å²) in [6, 6.07) is 20.4. The van der Waals surface area contributed by atoms with Crippen LogP contribution in [0.1, 0.15) is 22.6 Å². The molecule has 3 aromatic carbocycles. The van der Waals surface area contributed by atoms with Crippen molar-refractivity contribution in [3.63, 3.8) is 0 Å². The number of carbonyl (C=O) groups is 2. The van der Waals surface area contributed by atoms with Gasteiger partial charge in [0.25, 0.3) is 0 Å². The molecule has 1 unspecified atom stereocenters. The maximum atomic E-state index is 13.7. The second-order valence-electron chi connectivity index (χ2n) is 8.20. The van der Waals surface area contributed by atoms with E-state index in [9.17, 15) is 19.1 Å². The Morgan fingerprint density at radius 1 is 1.00 bits per heavy atom. The van der Waals surface area contributed by atoms with Crippen LogP contribution >= 0.6 is 0 Å². The van der Waals surface area contributed by atoms with Gasteiger partial charge in [-0.1, -0.05) is 48.5 Å². The van der Waals surface area contributed by atoms with E-state index < -0.39 is 23.9 Å². The second-order valence-corrected chi connectivity index (χ2v) is 8.20. The summed E-state index contributed by atoms with van der Waals surface area (Å²) in [5, 5.41) is 12.6. The molecule has 0 spiro atoms. The molecule has 0 saturated heterocycles. The maximum Gasteiger partial charge on any atom is 0.407 e. The van der Waals surface area contributed by atoms with Crippen LogP contribution in [0.2, 0.25) is 0 Å². The molecule has 7 heteroatoms. The average molecular weight is 456 g/mol.